The molecule has 2 aromatic rings. The molecule has 0 unspecified atom stereocenters. The predicted molar refractivity (Wildman–Crippen MR) is 109 cm³/mol. The number of halogens is 2. The first-order valence-corrected chi connectivity index (χ1v) is 9.54. The summed E-state index contributed by atoms with van der Waals surface area (Å²) in [5.74, 6) is 0.519. The van der Waals surface area contributed by atoms with E-state index >= 15 is 0 Å². The van der Waals surface area contributed by atoms with E-state index in [2.05, 4.69) is 5.32 Å². The van der Waals surface area contributed by atoms with Gasteiger partial charge in [-0.3, -0.25) is 9.69 Å². The fraction of sp³-hybridized carbons (Fsp3) is 0.300. The van der Waals surface area contributed by atoms with Crippen molar-refractivity contribution < 1.29 is 24.2 Å². The summed E-state index contributed by atoms with van der Waals surface area (Å²) >= 11 is 11.9. The van der Waals surface area contributed by atoms with Gasteiger partial charge in [0.25, 0.3) is 5.91 Å². The molecule has 7 nitrogen and oxygen atoms in total. The van der Waals surface area contributed by atoms with E-state index in [1.807, 2.05) is 0 Å². The van der Waals surface area contributed by atoms with Crippen LogP contribution in [0.4, 0.5) is 4.79 Å². The first kappa shape index (κ1) is 21.2. The summed E-state index contributed by atoms with van der Waals surface area (Å²) in [5.41, 5.74) is -0.624. The molecule has 3 rings (SSSR count). The average molecular weight is 439 g/mol. The third-order valence-corrected chi connectivity index (χ3v) is 5.19. The number of amides is 3. The van der Waals surface area contributed by atoms with Crippen LogP contribution in [0.2, 0.25) is 10.0 Å². The fourth-order valence-corrected chi connectivity index (χ4v) is 3.49. The maximum atomic E-state index is 12.9. The van der Waals surface area contributed by atoms with Crippen LogP contribution in [-0.2, 0) is 10.3 Å². The molecule has 0 spiro atoms. The Labute approximate surface area is 178 Å². The van der Waals surface area contributed by atoms with Gasteiger partial charge in [-0.15, -0.1) is 0 Å². The molecule has 3 amide bonds. The number of hydrogen-bond donors (Lipinski definition) is 2. The van der Waals surface area contributed by atoms with Crippen molar-refractivity contribution in [2.75, 3.05) is 20.3 Å². The van der Waals surface area contributed by atoms with Gasteiger partial charge in [0.15, 0.2) is 0 Å². The monoisotopic (exact) mass is 438 g/mol. The van der Waals surface area contributed by atoms with E-state index in [0.29, 0.717) is 27.1 Å². The van der Waals surface area contributed by atoms with Gasteiger partial charge in [-0.2, -0.15) is 0 Å². The van der Waals surface area contributed by atoms with Crippen LogP contribution in [0.25, 0.3) is 0 Å². The normalized spacial score (nSPS) is 19.8. The second-order valence-corrected chi connectivity index (χ2v) is 7.58. The zero-order valence-electron chi connectivity index (χ0n) is 15.8. The number of rotatable bonds is 7. The number of nitrogens with one attached hydrogen (secondary N) is 1. The molecule has 2 aromatic carbocycles. The van der Waals surface area contributed by atoms with Crippen LogP contribution in [0.1, 0.15) is 12.5 Å². The van der Waals surface area contributed by atoms with Crippen molar-refractivity contribution in [3.8, 4) is 11.5 Å². The zero-order chi connectivity index (χ0) is 21.2. The maximum Gasteiger partial charge on any atom is 0.325 e. The molecule has 0 aliphatic carbocycles. The topological polar surface area (TPSA) is 88.1 Å². The Kier molecular flexibility index (Phi) is 6.21. The molecule has 2 atom stereocenters. The Morgan fingerprint density at radius 3 is 2.48 bits per heavy atom. The second-order valence-electron chi connectivity index (χ2n) is 6.74. The summed E-state index contributed by atoms with van der Waals surface area (Å²) in [6.07, 6.45) is -1.10. The van der Waals surface area contributed by atoms with Crippen LogP contribution in [0, 0.1) is 0 Å². The van der Waals surface area contributed by atoms with Gasteiger partial charge in [0.1, 0.15) is 29.7 Å². The summed E-state index contributed by atoms with van der Waals surface area (Å²) in [6.45, 7) is 1.24. The molecule has 2 N–H and O–H groups in total. The molecular formula is C20H20Cl2N2O5. The summed E-state index contributed by atoms with van der Waals surface area (Å²) < 4.78 is 10.6. The highest BCUT2D eigenvalue weighted by Crippen LogP contribution is 2.30. The lowest BCUT2D eigenvalue weighted by atomic mass is 9.92. The van der Waals surface area contributed by atoms with Gasteiger partial charge in [-0.25, -0.2) is 4.79 Å². The summed E-state index contributed by atoms with van der Waals surface area (Å²) in [6, 6.07) is 11.0. The summed E-state index contributed by atoms with van der Waals surface area (Å²) in [4.78, 5) is 26.3. The minimum atomic E-state index is -1.23. The SMILES string of the molecule is COc1ccc([C@@]2(C)NC(=O)N(C[C@H](O)COc3ccc(Cl)cc3Cl)C2=O)cc1. The lowest BCUT2D eigenvalue weighted by Gasteiger charge is -2.23. The first-order chi connectivity index (χ1) is 13.7. The van der Waals surface area contributed by atoms with E-state index in [4.69, 9.17) is 32.7 Å². The van der Waals surface area contributed by atoms with Crippen molar-refractivity contribution in [3.63, 3.8) is 0 Å². The van der Waals surface area contributed by atoms with Gasteiger partial charge in [0, 0.05) is 5.02 Å². The van der Waals surface area contributed by atoms with Crippen LogP contribution in [0.3, 0.4) is 0 Å². The third-order valence-electron chi connectivity index (χ3n) is 4.66. The van der Waals surface area contributed by atoms with Crippen LogP contribution >= 0.6 is 23.2 Å². The first-order valence-electron chi connectivity index (χ1n) is 8.79. The Morgan fingerprint density at radius 2 is 1.86 bits per heavy atom. The minimum absolute atomic E-state index is 0.155. The van der Waals surface area contributed by atoms with E-state index in [-0.39, 0.29) is 13.2 Å². The number of carbonyl (C=O) groups excluding carboxylic acids is 2. The van der Waals surface area contributed by atoms with Gasteiger partial charge in [0.2, 0.25) is 0 Å². The van der Waals surface area contributed by atoms with Gasteiger partial charge in [0.05, 0.1) is 18.7 Å². The lowest BCUT2D eigenvalue weighted by Crippen LogP contribution is -2.42. The second kappa shape index (κ2) is 8.49. The highest BCUT2D eigenvalue weighted by atomic mass is 35.5. The number of aliphatic hydroxyl groups excluding tert-OH is 1. The number of urea groups is 1. The Balaban J connectivity index is 1.66. The minimum Gasteiger partial charge on any atom is -0.497 e. The third kappa shape index (κ3) is 4.42. The molecule has 1 fully saturated rings. The standard InChI is InChI=1S/C20H20Cl2N2O5/c1-20(12-3-6-15(28-2)7-4-12)18(26)24(19(27)23-20)10-14(25)11-29-17-8-5-13(21)9-16(17)22/h3-9,14,25H,10-11H2,1-2H3,(H,23,27)/t14-,20+/m0/s1. The molecule has 9 heteroatoms. The largest absolute Gasteiger partial charge is 0.497 e. The van der Waals surface area contributed by atoms with Crippen LogP contribution in [0.15, 0.2) is 42.5 Å². The summed E-state index contributed by atoms with van der Waals surface area (Å²) in [7, 11) is 1.54. The van der Waals surface area contributed by atoms with E-state index in [0.717, 1.165) is 4.90 Å². The van der Waals surface area contributed by atoms with E-state index in [1.165, 1.54) is 6.07 Å². The number of nitrogens with zero attached hydrogens (tertiary/aromatic N) is 1. The van der Waals surface area contributed by atoms with E-state index in [9.17, 15) is 14.7 Å². The molecule has 0 bridgehead atoms. The number of methoxy groups -OCH3 is 1. The summed E-state index contributed by atoms with van der Waals surface area (Å²) in [5, 5.41) is 13.7. The van der Waals surface area contributed by atoms with Crippen molar-refractivity contribution in [1.82, 2.24) is 10.2 Å². The highest BCUT2D eigenvalue weighted by molar-refractivity contribution is 6.35. The molecule has 0 radical (unpaired) electrons. The highest BCUT2D eigenvalue weighted by Gasteiger charge is 2.49. The maximum absolute atomic E-state index is 12.9. The smallest absolute Gasteiger partial charge is 0.325 e. The van der Waals surface area contributed by atoms with Crippen molar-refractivity contribution in [3.05, 3.63) is 58.1 Å². The van der Waals surface area contributed by atoms with Crippen molar-refractivity contribution >= 4 is 35.1 Å². The van der Waals surface area contributed by atoms with Gasteiger partial charge in [-0.1, -0.05) is 35.3 Å². The van der Waals surface area contributed by atoms with E-state index in [1.54, 1.807) is 50.4 Å². The molecule has 0 saturated carbocycles. The molecule has 0 aromatic heterocycles. The molecule has 29 heavy (non-hydrogen) atoms. The van der Waals surface area contributed by atoms with Gasteiger partial charge >= 0.3 is 6.03 Å². The Hall–Kier alpha value is -2.48. The van der Waals surface area contributed by atoms with Crippen LogP contribution < -0.4 is 14.8 Å². The number of aliphatic hydroxyl groups is 1. The van der Waals surface area contributed by atoms with Crippen LogP contribution in [0.5, 0.6) is 11.5 Å². The predicted octanol–water partition coefficient (Wildman–Crippen LogP) is 3.21. The van der Waals surface area contributed by atoms with Crippen molar-refractivity contribution in [2.24, 2.45) is 0 Å². The van der Waals surface area contributed by atoms with Crippen LogP contribution in [-0.4, -0.2) is 48.3 Å². The van der Waals surface area contributed by atoms with Crippen molar-refractivity contribution in [1.29, 1.82) is 0 Å². The average Bonchev–Trinajstić information content (AvgIpc) is 2.91. The van der Waals surface area contributed by atoms with E-state index < -0.39 is 23.6 Å². The number of ether oxygens (including phenoxy) is 2. The quantitative estimate of drug-likeness (QED) is 0.647. The lowest BCUT2D eigenvalue weighted by molar-refractivity contribution is -0.132. The van der Waals surface area contributed by atoms with Gasteiger partial charge in [-0.05, 0) is 42.8 Å². The molecule has 1 heterocycles. The molecule has 154 valence electrons. The zero-order valence-corrected chi connectivity index (χ0v) is 17.3. The molecule has 1 saturated heterocycles. The number of imide groups is 1. The number of carbonyl (C=O) groups is 2. The molecular weight excluding hydrogens is 419 g/mol. The fourth-order valence-electron chi connectivity index (χ4n) is 3.02. The van der Waals surface area contributed by atoms with Gasteiger partial charge < -0.3 is 19.9 Å². The number of hydrogen-bond acceptors (Lipinski definition) is 5. The molecule has 1 aliphatic rings. The molecule has 1 aliphatic heterocycles. The number of benzene rings is 2. The van der Waals surface area contributed by atoms with Crippen molar-refractivity contribution in [2.45, 2.75) is 18.6 Å². The number of β-amino-alcohol motifs (C(OH)–C–C–N with tert-alkyl or cyclic N) is 1. The Bertz CT molecular complexity index is 922. The Morgan fingerprint density at radius 1 is 1.17 bits per heavy atom.